The summed E-state index contributed by atoms with van der Waals surface area (Å²) in [7, 11) is 0. The van der Waals surface area contributed by atoms with Crippen LogP contribution in [0, 0.1) is 0 Å². The van der Waals surface area contributed by atoms with Crippen molar-refractivity contribution in [3.05, 3.63) is 170 Å². The largest absolute Gasteiger partial charge is 0.315 e. The molecule has 0 saturated carbocycles. The van der Waals surface area contributed by atoms with Crippen molar-refractivity contribution in [2.75, 3.05) is 0 Å². The van der Waals surface area contributed by atoms with Crippen molar-refractivity contribution in [3.8, 4) is 50.5 Å². The molecule has 2 nitrogen and oxygen atoms in total. The number of hydrogen-bond acceptors (Lipinski definition) is 1. The summed E-state index contributed by atoms with van der Waals surface area (Å²) < 4.78 is 2.33. The van der Waals surface area contributed by atoms with E-state index in [1.807, 2.05) is 6.07 Å². The highest BCUT2D eigenvalue weighted by atomic mass is 15.0. The highest BCUT2D eigenvalue weighted by molar-refractivity contribution is 6.12. The third kappa shape index (κ3) is 4.60. The molecule has 6 aromatic carbocycles. The molecule has 0 atom stereocenters. The summed E-state index contributed by atoms with van der Waals surface area (Å²) in [4.78, 5) is 5.19. The molecule has 202 valence electrons. The molecular formula is C41H28N2. The second-order valence-corrected chi connectivity index (χ2v) is 10.9. The van der Waals surface area contributed by atoms with Crippen molar-refractivity contribution >= 4 is 21.7 Å². The van der Waals surface area contributed by atoms with Crippen molar-refractivity contribution < 1.29 is 0 Å². The molecule has 43 heavy (non-hydrogen) atoms. The van der Waals surface area contributed by atoms with E-state index in [1.54, 1.807) is 0 Å². The van der Waals surface area contributed by atoms with Crippen LogP contribution in [0.5, 0.6) is 0 Å². The minimum absolute atomic E-state index is 0.958. The van der Waals surface area contributed by atoms with Gasteiger partial charge in [-0.25, -0.2) is 4.98 Å². The molecule has 0 spiro atoms. The third-order valence-corrected chi connectivity index (χ3v) is 8.20. The van der Waals surface area contributed by atoms with Crippen molar-refractivity contribution in [1.29, 1.82) is 0 Å². The molecule has 0 fully saturated rings. The van der Waals surface area contributed by atoms with Crippen LogP contribution in [0.2, 0.25) is 0 Å². The molecule has 2 heteroatoms. The molecule has 0 aliphatic rings. The Balaban J connectivity index is 1.32. The minimum atomic E-state index is 0.958. The predicted molar refractivity (Wildman–Crippen MR) is 180 cm³/mol. The summed E-state index contributed by atoms with van der Waals surface area (Å²) in [6, 6.07) is 57.9. The minimum Gasteiger partial charge on any atom is -0.315 e. The monoisotopic (exact) mass is 548 g/mol. The summed E-state index contributed by atoms with van der Waals surface area (Å²) in [6.07, 6.45) is 2.29. The first-order chi connectivity index (χ1) is 21.3. The van der Waals surface area contributed by atoms with E-state index in [0.29, 0.717) is 0 Å². The average molecular weight is 549 g/mol. The van der Waals surface area contributed by atoms with Gasteiger partial charge in [-0.3, -0.25) is 0 Å². The van der Waals surface area contributed by atoms with E-state index in [0.717, 1.165) is 33.8 Å². The number of para-hydroxylation sites is 1. The van der Waals surface area contributed by atoms with Crippen molar-refractivity contribution in [3.63, 3.8) is 0 Å². The SMILES string of the molecule is c1ccc(-c2cc(-c3ccccc3)nc(-c3cccc(-c4cn(-c5ccccc5)c5c4ccc4ccccc45)c3)c2)cc1. The molecule has 8 rings (SSSR count). The second-order valence-electron chi connectivity index (χ2n) is 10.9. The zero-order valence-corrected chi connectivity index (χ0v) is 23.6. The smallest absolute Gasteiger partial charge is 0.0715 e. The van der Waals surface area contributed by atoms with Gasteiger partial charge in [-0.15, -0.1) is 0 Å². The molecule has 2 aromatic heterocycles. The van der Waals surface area contributed by atoms with E-state index in [2.05, 4.69) is 168 Å². The number of hydrogen-bond donors (Lipinski definition) is 0. The van der Waals surface area contributed by atoms with E-state index >= 15 is 0 Å². The third-order valence-electron chi connectivity index (χ3n) is 8.20. The Morgan fingerprint density at radius 3 is 1.77 bits per heavy atom. The summed E-state index contributed by atoms with van der Waals surface area (Å²) >= 11 is 0. The Morgan fingerprint density at radius 2 is 1.00 bits per heavy atom. The summed E-state index contributed by atoms with van der Waals surface area (Å²) in [5.74, 6) is 0. The Hall–Kier alpha value is -5.73. The van der Waals surface area contributed by atoms with Gasteiger partial charge in [0.1, 0.15) is 0 Å². The molecular weight excluding hydrogens is 520 g/mol. The first-order valence-electron chi connectivity index (χ1n) is 14.6. The maximum Gasteiger partial charge on any atom is 0.0715 e. The van der Waals surface area contributed by atoms with Gasteiger partial charge >= 0.3 is 0 Å². The van der Waals surface area contributed by atoms with Gasteiger partial charge in [0.2, 0.25) is 0 Å². The van der Waals surface area contributed by atoms with Crippen molar-refractivity contribution in [2.45, 2.75) is 0 Å². The number of pyridine rings is 1. The molecule has 0 bridgehead atoms. The van der Waals surface area contributed by atoms with Gasteiger partial charge in [0.15, 0.2) is 0 Å². The first-order valence-corrected chi connectivity index (χ1v) is 14.6. The van der Waals surface area contributed by atoms with Crippen LogP contribution in [-0.4, -0.2) is 9.55 Å². The predicted octanol–water partition coefficient (Wildman–Crippen LogP) is 10.8. The Bertz CT molecular complexity index is 2150. The van der Waals surface area contributed by atoms with Crippen LogP contribution in [0.3, 0.4) is 0 Å². The number of fused-ring (bicyclic) bond motifs is 3. The number of aromatic nitrogens is 2. The van der Waals surface area contributed by atoms with Gasteiger partial charge in [0, 0.05) is 39.3 Å². The van der Waals surface area contributed by atoms with Gasteiger partial charge in [-0.05, 0) is 52.4 Å². The van der Waals surface area contributed by atoms with Gasteiger partial charge in [0.25, 0.3) is 0 Å². The summed E-state index contributed by atoms with van der Waals surface area (Å²) in [5, 5.41) is 3.72. The molecule has 0 radical (unpaired) electrons. The van der Waals surface area contributed by atoms with Crippen LogP contribution in [-0.2, 0) is 0 Å². The highest BCUT2D eigenvalue weighted by Gasteiger charge is 2.16. The molecule has 0 aliphatic carbocycles. The quantitative estimate of drug-likeness (QED) is 0.209. The van der Waals surface area contributed by atoms with Gasteiger partial charge in [0.05, 0.1) is 16.9 Å². The number of benzene rings is 6. The highest BCUT2D eigenvalue weighted by Crippen LogP contribution is 2.38. The molecule has 2 heterocycles. The fourth-order valence-corrected chi connectivity index (χ4v) is 6.10. The van der Waals surface area contributed by atoms with Crippen molar-refractivity contribution in [2.24, 2.45) is 0 Å². The van der Waals surface area contributed by atoms with Crippen LogP contribution in [0.25, 0.3) is 72.1 Å². The fourth-order valence-electron chi connectivity index (χ4n) is 6.10. The van der Waals surface area contributed by atoms with E-state index in [9.17, 15) is 0 Å². The van der Waals surface area contributed by atoms with Crippen LogP contribution in [0.4, 0.5) is 0 Å². The molecule has 8 aromatic rings. The zero-order valence-electron chi connectivity index (χ0n) is 23.6. The van der Waals surface area contributed by atoms with E-state index < -0.39 is 0 Å². The average Bonchev–Trinajstić information content (AvgIpc) is 3.50. The fraction of sp³-hybridized carbons (Fsp3) is 0. The van der Waals surface area contributed by atoms with E-state index in [1.165, 1.54) is 38.4 Å². The lowest BCUT2D eigenvalue weighted by atomic mass is 9.97. The number of rotatable bonds is 5. The summed E-state index contributed by atoms with van der Waals surface area (Å²) in [6.45, 7) is 0. The Kier molecular flexibility index (Phi) is 6.16. The Morgan fingerprint density at radius 1 is 0.395 bits per heavy atom. The lowest BCUT2D eigenvalue weighted by molar-refractivity contribution is 1.13. The van der Waals surface area contributed by atoms with Crippen LogP contribution in [0.1, 0.15) is 0 Å². The standard InChI is InChI=1S/C41H28N2/c1-4-13-29(14-5-1)34-26-39(31-16-6-2-7-17-31)42-40(27-34)33-19-12-18-32(25-33)38-28-43(35-20-8-3-9-21-35)41-36-22-11-10-15-30(36)23-24-37(38)41/h1-28H. The van der Waals surface area contributed by atoms with Crippen molar-refractivity contribution in [1.82, 2.24) is 9.55 Å². The number of nitrogens with zero attached hydrogens (tertiary/aromatic N) is 2. The normalized spacial score (nSPS) is 11.3. The first kappa shape index (κ1) is 25.0. The van der Waals surface area contributed by atoms with Gasteiger partial charge < -0.3 is 4.57 Å². The molecule has 0 N–H and O–H groups in total. The molecule has 0 saturated heterocycles. The maximum absolute atomic E-state index is 5.19. The van der Waals surface area contributed by atoms with Crippen LogP contribution >= 0.6 is 0 Å². The topological polar surface area (TPSA) is 17.8 Å². The maximum atomic E-state index is 5.19. The molecule has 0 amide bonds. The second kappa shape index (κ2) is 10.6. The molecule has 0 unspecified atom stereocenters. The van der Waals surface area contributed by atoms with Crippen LogP contribution in [0.15, 0.2) is 170 Å². The van der Waals surface area contributed by atoms with Gasteiger partial charge in [-0.1, -0.05) is 133 Å². The Labute approximate surface area is 251 Å². The summed E-state index contributed by atoms with van der Waals surface area (Å²) in [5.41, 5.74) is 11.2. The van der Waals surface area contributed by atoms with Gasteiger partial charge in [-0.2, -0.15) is 0 Å². The zero-order chi connectivity index (χ0) is 28.6. The molecule has 0 aliphatic heterocycles. The lowest BCUT2D eigenvalue weighted by Crippen LogP contribution is -1.92. The van der Waals surface area contributed by atoms with E-state index in [-0.39, 0.29) is 0 Å². The van der Waals surface area contributed by atoms with E-state index in [4.69, 9.17) is 4.98 Å². The lowest BCUT2D eigenvalue weighted by Gasteiger charge is -2.11. The van der Waals surface area contributed by atoms with Crippen LogP contribution < -0.4 is 0 Å².